The van der Waals surface area contributed by atoms with E-state index in [1.807, 2.05) is 28.7 Å². The fourth-order valence-corrected chi connectivity index (χ4v) is 3.14. The van der Waals surface area contributed by atoms with E-state index in [2.05, 4.69) is 10.1 Å². The van der Waals surface area contributed by atoms with Crippen LogP contribution in [0.2, 0.25) is 0 Å². The van der Waals surface area contributed by atoms with E-state index in [4.69, 9.17) is 9.26 Å². The van der Waals surface area contributed by atoms with Gasteiger partial charge in [-0.3, -0.25) is 4.79 Å². The first-order valence-electron chi connectivity index (χ1n) is 7.50. The Morgan fingerprint density at radius 3 is 3.23 bits per heavy atom. The number of thiophene rings is 1. The molecular weight excluding hydrogens is 302 g/mol. The second kappa shape index (κ2) is 7.02. The zero-order chi connectivity index (χ0) is 15.4. The van der Waals surface area contributed by atoms with Crippen LogP contribution in [-0.4, -0.2) is 40.1 Å². The lowest BCUT2D eigenvalue weighted by atomic mass is 10.1. The predicted octanol–water partition coefficient (Wildman–Crippen LogP) is 2.51. The van der Waals surface area contributed by atoms with Crippen LogP contribution in [0.15, 0.2) is 21.3 Å². The second-order valence-electron chi connectivity index (χ2n) is 5.30. The molecule has 2 aromatic heterocycles. The van der Waals surface area contributed by atoms with Crippen molar-refractivity contribution in [3.05, 3.63) is 34.1 Å². The molecule has 6 nitrogen and oxygen atoms in total. The number of ether oxygens (including phenoxy) is 1. The standard InChI is InChI=1S/C15H19N3O3S/c1-2-13-16-14(21-17-13)9-20-12-4-3-6-18(8-12)15(19)11-5-7-22-10-11/h5,7,10,12H,2-4,6,8-9H2,1H3/t12-/m0/s1. The number of likely N-dealkylation sites (tertiary alicyclic amines) is 1. The normalized spacial score (nSPS) is 18.6. The van der Waals surface area contributed by atoms with Crippen molar-refractivity contribution in [3.8, 4) is 0 Å². The number of carbonyl (C=O) groups excluding carboxylic acids is 1. The average Bonchev–Trinajstić information content (AvgIpc) is 3.24. The molecule has 0 aromatic carbocycles. The monoisotopic (exact) mass is 321 g/mol. The lowest BCUT2D eigenvalue weighted by Gasteiger charge is -2.32. The van der Waals surface area contributed by atoms with Crippen molar-refractivity contribution in [2.45, 2.75) is 38.9 Å². The van der Waals surface area contributed by atoms with Gasteiger partial charge in [0.05, 0.1) is 11.7 Å². The van der Waals surface area contributed by atoms with Crippen LogP contribution in [0.25, 0.3) is 0 Å². The van der Waals surface area contributed by atoms with Crippen molar-refractivity contribution >= 4 is 17.2 Å². The zero-order valence-corrected chi connectivity index (χ0v) is 13.3. The fourth-order valence-electron chi connectivity index (χ4n) is 2.51. The quantitative estimate of drug-likeness (QED) is 0.846. The molecular formula is C15H19N3O3S. The predicted molar refractivity (Wildman–Crippen MR) is 81.7 cm³/mol. The summed E-state index contributed by atoms with van der Waals surface area (Å²) in [6, 6.07) is 1.86. The van der Waals surface area contributed by atoms with Crippen LogP contribution in [-0.2, 0) is 17.8 Å². The summed E-state index contributed by atoms with van der Waals surface area (Å²) in [6.45, 7) is 3.68. The Balaban J connectivity index is 1.53. The second-order valence-corrected chi connectivity index (χ2v) is 6.08. The van der Waals surface area contributed by atoms with Crippen LogP contribution in [0.5, 0.6) is 0 Å². The van der Waals surface area contributed by atoms with E-state index in [1.165, 1.54) is 11.3 Å². The SMILES string of the molecule is CCc1noc(CO[C@H]2CCCN(C(=O)c3ccsc3)C2)n1. The first-order valence-corrected chi connectivity index (χ1v) is 8.45. The smallest absolute Gasteiger partial charge is 0.254 e. The maximum atomic E-state index is 12.4. The van der Waals surface area contributed by atoms with Crippen molar-refractivity contribution in [1.82, 2.24) is 15.0 Å². The highest BCUT2D eigenvalue weighted by atomic mass is 32.1. The van der Waals surface area contributed by atoms with Crippen molar-refractivity contribution in [3.63, 3.8) is 0 Å². The molecule has 1 fully saturated rings. The van der Waals surface area contributed by atoms with Crippen LogP contribution in [0, 0.1) is 0 Å². The molecule has 0 unspecified atom stereocenters. The molecule has 0 aliphatic carbocycles. The molecule has 0 radical (unpaired) electrons. The van der Waals surface area contributed by atoms with Gasteiger partial charge in [0.25, 0.3) is 11.8 Å². The van der Waals surface area contributed by atoms with Gasteiger partial charge in [0.15, 0.2) is 5.82 Å². The molecule has 0 bridgehead atoms. The Morgan fingerprint density at radius 1 is 1.59 bits per heavy atom. The molecule has 0 spiro atoms. The van der Waals surface area contributed by atoms with Crippen LogP contribution in [0.3, 0.4) is 0 Å². The molecule has 1 saturated heterocycles. The number of rotatable bonds is 5. The highest BCUT2D eigenvalue weighted by Gasteiger charge is 2.25. The van der Waals surface area contributed by atoms with Gasteiger partial charge in [-0.1, -0.05) is 12.1 Å². The van der Waals surface area contributed by atoms with E-state index in [0.717, 1.165) is 31.4 Å². The van der Waals surface area contributed by atoms with Gasteiger partial charge in [-0.05, 0) is 24.3 Å². The van der Waals surface area contributed by atoms with E-state index in [-0.39, 0.29) is 12.0 Å². The number of amides is 1. The molecule has 118 valence electrons. The van der Waals surface area contributed by atoms with Crippen LogP contribution < -0.4 is 0 Å². The highest BCUT2D eigenvalue weighted by molar-refractivity contribution is 7.08. The lowest BCUT2D eigenvalue weighted by Crippen LogP contribution is -2.43. The third-order valence-electron chi connectivity index (χ3n) is 3.70. The number of piperidine rings is 1. The lowest BCUT2D eigenvalue weighted by molar-refractivity contribution is -0.0153. The molecule has 1 atom stereocenters. The molecule has 22 heavy (non-hydrogen) atoms. The number of aryl methyl sites for hydroxylation is 1. The van der Waals surface area contributed by atoms with E-state index in [9.17, 15) is 4.79 Å². The Kier molecular flexibility index (Phi) is 4.84. The number of hydrogen-bond acceptors (Lipinski definition) is 6. The highest BCUT2D eigenvalue weighted by Crippen LogP contribution is 2.18. The Hall–Kier alpha value is -1.73. The van der Waals surface area contributed by atoms with Gasteiger partial charge in [-0.15, -0.1) is 0 Å². The fraction of sp³-hybridized carbons (Fsp3) is 0.533. The topological polar surface area (TPSA) is 68.5 Å². The van der Waals surface area contributed by atoms with E-state index >= 15 is 0 Å². The average molecular weight is 321 g/mol. The number of hydrogen-bond donors (Lipinski definition) is 0. The Bertz CT molecular complexity index is 611. The van der Waals surface area contributed by atoms with Gasteiger partial charge in [0.2, 0.25) is 0 Å². The van der Waals surface area contributed by atoms with Crippen molar-refractivity contribution in [1.29, 1.82) is 0 Å². The summed E-state index contributed by atoms with van der Waals surface area (Å²) < 4.78 is 11.0. The van der Waals surface area contributed by atoms with Crippen LogP contribution >= 0.6 is 11.3 Å². The third kappa shape index (κ3) is 3.53. The number of nitrogens with zero attached hydrogens (tertiary/aromatic N) is 3. The van der Waals surface area contributed by atoms with Gasteiger partial charge in [0.1, 0.15) is 6.61 Å². The van der Waals surface area contributed by atoms with E-state index in [0.29, 0.717) is 24.9 Å². The van der Waals surface area contributed by atoms with Crippen molar-refractivity contribution < 1.29 is 14.1 Å². The molecule has 3 heterocycles. The van der Waals surface area contributed by atoms with Gasteiger partial charge in [-0.2, -0.15) is 16.3 Å². The molecule has 1 aliphatic rings. The van der Waals surface area contributed by atoms with Crippen molar-refractivity contribution in [2.75, 3.05) is 13.1 Å². The first kappa shape index (κ1) is 15.2. The summed E-state index contributed by atoms with van der Waals surface area (Å²) in [4.78, 5) is 18.4. The minimum atomic E-state index is 0.0216. The Morgan fingerprint density at radius 2 is 2.50 bits per heavy atom. The number of aromatic nitrogens is 2. The molecule has 1 aliphatic heterocycles. The number of carbonyl (C=O) groups is 1. The van der Waals surface area contributed by atoms with Gasteiger partial charge in [0, 0.05) is 24.9 Å². The summed E-state index contributed by atoms with van der Waals surface area (Å²) in [5.41, 5.74) is 0.759. The summed E-state index contributed by atoms with van der Waals surface area (Å²) >= 11 is 1.54. The first-order chi connectivity index (χ1) is 10.8. The zero-order valence-electron chi connectivity index (χ0n) is 12.5. The van der Waals surface area contributed by atoms with Crippen LogP contribution in [0.4, 0.5) is 0 Å². The minimum absolute atomic E-state index is 0.0216. The largest absolute Gasteiger partial charge is 0.367 e. The van der Waals surface area contributed by atoms with Crippen molar-refractivity contribution in [2.24, 2.45) is 0 Å². The molecule has 0 saturated carbocycles. The molecule has 3 rings (SSSR count). The molecule has 2 aromatic rings. The summed E-state index contributed by atoms with van der Waals surface area (Å²) in [5, 5.41) is 7.65. The van der Waals surface area contributed by atoms with Gasteiger partial charge < -0.3 is 14.2 Å². The van der Waals surface area contributed by atoms with E-state index < -0.39 is 0 Å². The van der Waals surface area contributed by atoms with Gasteiger partial charge >= 0.3 is 0 Å². The van der Waals surface area contributed by atoms with Gasteiger partial charge in [-0.25, -0.2) is 0 Å². The minimum Gasteiger partial charge on any atom is -0.367 e. The summed E-state index contributed by atoms with van der Waals surface area (Å²) in [7, 11) is 0. The molecule has 0 N–H and O–H groups in total. The summed E-state index contributed by atoms with van der Waals surface area (Å²) in [5.74, 6) is 1.27. The molecule has 1 amide bonds. The maximum absolute atomic E-state index is 12.4. The van der Waals surface area contributed by atoms with E-state index in [1.54, 1.807) is 0 Å². The summed E-state index contributed by atoms with van der Waals surface area (Å²) in [6.07, 6.45) is 2.66. The van der Waals surface area contributed by atoms with Crippen LogP contribution in [0.1, 0.15) is 41.8 Å². The molecule has 7 heteroatoms. The Labute approximate surface area is 133 Å². The third-order valence-corrected chi connectivity index (χ3v) is 4.39. The maximum Gasteiger partial charge on any atom is 0.254 e.